The van der Waals surface area contributed by atoms with Crippen LogP contribution in [0.3, 0.4) is 0 Å². The number of aryl methyl sites for hydroxylation is 1. The second-order valence-electron chi connectivity index (χ2n) is 3.66. The maximum Gasteiger partial charge on any atom is 0.341 e. The lowest BCUT2D eigenvalue weighted by atomic mass is 10.3. The molecule has 1 amide bonds. The topological polar surface area (TPSA) is 81.4 Å². The number of carbonyl (C=O) groups excluding carboxylic acids is 2. The largest absolute Gasteiger partial charge is 0.462 e. The van der Waals surface area contributed by atoms with Gasteiger partial charge in [-0.15, -0.1) is 11.3 Å². The van der Waals surface area contributed by atoms with Gasteiger partial charge in [0.2, 0.25) is 0 Å². The minimum Gasteiger partial charge on any atom is -0.462 e. The maximum absolute atomic E-state index is 11.8. The monoisotopic (exact) mass is 280 g/mol. The SMILES string of the molecule is CCOC(=O)c1cc(C)sc1NC(=O)c1ccon1. The lowest BCUT2D eigenvalue weighted by Gasteiger charge is -2.04. The van der Waals surface area contributed by atoms with E-state index in [1.807, 2.05) is 6.92 Å². The van der Waals surface area contributed by atoms with Crippen molar-refractivity contribution in [2.45, 2.75) is 13.8 Å². The van der Waals surface area contributed by atoms with Crippen LogP contribution in [0.25, 0.3) is 0 Å². The summed E-state index contributed by atoms with van der Waals surface area (Å²) in [6.07, 6.45) is 1.31. The highest BCUT2D eigenvalue weighted by Crippen LogP contribution is 2.28. The zero-order valence-corrected chi connectivity index (χ0v) is 11.2. The summed E-state index contributed by atoms with van der Waals surface area (Å²) in [5.74, 6) is -0.886. The van der Waals surface area contributed by atoms with Crippen LogP contribution in [-0.2, 0) is 4.74 Å². The highest BCUT2D eigenvalue weighted by molar-refractivity contribution is 7.16. The van der Waals surface area contributed by atoms with E-state index in [0.717, 1.165) is 4.88 Å². The number of thiophene rings is 1. The van der Waals surface area contributed by atoms with E-state index in [1.54, 1.807) is 13.0 Å². The number of hydrogen-bond acceptors (Lipinski definition) is 6. The summed E-state index contributed by atoms with van der Waals surface area (Å²) >= 11 is 1.30. The molecule has 0 saturated carbocycles. The third-order valence-electron chi connectivity index (χ3n) is 2.25. The second kappa shape index (κ2) is 5.66. The molecule has 0 unspecified atom stereocenters. The Kier molecular flexibility index (Phi) is 3.96. The van der Waals surface area contributed by atoms with Crippen LogP contribution in [0.4, 0.5) is 5.00 Å². The van der Waals surface area contributed by atoms with Gasteiger partial charge in [-0.05, 0) is 19.9 Å². The number of nitrogens with one attached hydrogen (secondary N) is 1. The number of amides is 1. The first kappa shape index (κ1) is 13.3. The van der Waals surface area contributed by atoms with Crippen LogP contribution in [0, 0.1) is 6.92 Å². The number of hydrogen-bond donors (Lipinski definition) is 1. The summed E-state index contributed by atoms with van der Waals surface area (Å²) in [7, 11) is 0. The minimum absolute atomic E-state index is 0.154. The van der Waals surface area contributed by atoms with Gasteiger partial charge in [-0.25, -0.2) is 4.79 Å². The van der Waals surface area contributed by atoms with Gasteiger partial charge in [0.15, 0.2) is 5.69 Å². The van der Waals surface area contributed by atoms with Gasteiger partial charge >= 0.3 is 5.97 Å². The van der Waals surface area contributed by atoms with E-state index >= 15 is 0 Å². The summed E-state index contributed by atoms with van der Waals surface area (Å²) in [6.45, 7) is 3.86. The molecule has 0 bridgehead atoms. The number of ether oxygens (including phenoxy) is 1. The molecular weight excluding hydrogens is 268 g/mol. The van der Waals surface area contributed by atoms with Crippen molar-refractivity contribution < 1.29 is 18.8 Å². The average Bonchev–Trinajstić information content (AvgIpc) is 2.98. The molecule has 0 aliphatic heterocycles. The quantitative estimate of drug-likeness (QED) is 0.870. The van der Waals surface area contributed by atoms with Gasteiger partial charge in [0, 0.05) is 10.9 Å². The lowest BCUT2D eigenvalue weighted by Crippen LogP contribution is -2.14. The first-order chi connectivity index (χ1) is 9.11. The third kappa shape index (κ3) is 3.00. The molecule has 6 nitrogen and oxygen atoms in total. The summed E-state index contributed by atoms with van der Waals surface area (Å²) in [6, 6.07) is 3.13. The Bertz CT molecular complexity index is 589. The van der Waals surface area contributed by atoms with Gasteiger partial charge in [0.25, 0.3) is 5.91 Å². The molecule has 0 saturated heterocycles. The molecule has 0 fully saturated rings. The zero-order chi connectivity index (χ0) is 13.8. The van der Waals surface area contributed by atoms with Crippen LogP contribution >= 0.6 is 11.3 Å². The van der Waals surface area contributed by atoms with Gasteiger partial charge in [-0.2, -0.15) is 0 Å². The van der Waals surface area contributed by atoms with E-state index in [2.05, 4.69) is 15.0 Å². The molecule has 0 aliphatic rings. The van der Waals surface area contributed by atoms with E-state index in [9.17, 15) is 9.59 Å². The number of esters is 1. The van der Waals surface area contributed by atoms with Gasteiger partial charge in [-0.1, -0.05) is 5.16 Å². The van der Waals surface area contributed by atoms with Gasteiger partial charge in [0.05, 0.1) is 12.2 Å². The molecule has 0 radical (unpaired) electrons. The van der Waals surface area contributed by atoms with Crippen molar-refractivity contribution in [1.82, 2.24) is 5.16 Å². The molecule has 2 aromatic rings. The van der Waals surface area contributed by atoms with Crippen molar-refractivity contribution in [2.24, 2.45) is 0 Å². The van der Waals surface area contributed by atoms with Crippen molar-refractivity contribution in [2.75, 3.05) is 11.9 Å². The van der Waals surface area contributed by atoms with Crippen LogP contribution in [0.5, 0.6) is 0 Å². The maximum atomic E-state index is 11.8. The number of aromatic nitrogens is 1. The first-order valence-corrected chi connectivity index (χ1v) is 6.42. The van der Waals surface area contributed by atoms with Crippen molar-refractivity contribution in [1.29, 1.82) is 0 Å². The summed E-state index contributed by atoms with van der Waals surface area (Å²) in [5, 5.41) is 6.61. The Morgan fingerprint density at radius 3 is 2.95 bits per heavy atom. The normalized spacial score (nSPS) is 10.2. The highest BCUT2D eigenvalue weighted by atomic mass is 32.1. The Balaban J connectivity index is 2.20. The molecule has 2 heterocycles. The molecular formula is C12H12N2O4S. The molecule has 19 heavy (non-hydrogen) atoms. The van der Waals surface area contributed by atoms with Gasteiger partial charge in [0.1, 0.15) is 11.3 Å². The minimum atomic E-state index is -0.456. The molecule has 0 spiro atoms. The lowest BCUT2D eigenvalue weighted by molar-refractivity contribution is 0.0528. The fraction of sp³-hybridized carbons (Fsp3) is 0.250. The van der Waals surface area contributed by atoms with E-state index < -0.39 is 11.9 Å². The molecule has 2 rings (SSSR count). The van der Waals surface area contributed by atoms with Crippen LogP contribution in [0.1, 0.15) is 32.6 Å². The average molecular weight is 280 g/mol. The predicted molar refractivity (Wildman–Crippen MR) is 69.5 cm³/mol. The van der Waals surface area contributed by atoms with E-state index in [0.29, 0.717) is 10.6 Å². The van der Waals surface area contributed by atoms with Crippen molar-refractivity contribution >= 4 is 28.2 Å². The molecule has 0 aromatic carbocycles. The fourth-order valence-corrected chi connectivity index (χ4v) is 2.36. The van der Waals surface area contributed by atoms with Gasteiger partial charge in [-0.3, -0.25) is 4.79 Å². The number of nitrogens with zero attached hydrogens (tertiary/aromatic N) is 1. The number of anilines is 1. The molecule has 100 valence electrons. The zero-order valence-electron chi connectivity index (χ0n) is 10.4. The van der Waals surface area contributed by atoms with Crippen LogP contribution in [0.2, 0.25) is 0 Å². The molecule has 0 aliphatic carbocycles. The number of carbonyl (C=O) groups is 2. The fourth-order valence-electron chi connectivity index (χ4n) is 1.46. The first-order valence-electron chi connectivity index (χ1n) is 5.61. The Labute approximate surface area is 113 Å². The Hall–Kier alpha value is -2.15. The smallest absolute Gasteiger partial charge is 0.341 e. The highest BCUT2D eigenvalue weighted by Gasteiger charge is 2.19. The van der Waals surface area contributed by atoms with E-state index in [1.165, 1.54) is 23.7 Å². The summed E-state index contributed by atoms with van der Waals surface area (Å²) < 4.78 is 9.53. The van der Waals surface area contributed by atoms with Crippen LogP contribution in [0.15, 0.2) is 22.9 Å². The molecule has 0 atom stereocenters. The Morgan fingerprint density at radius 1 is 1.53 bits per heavy atom. The molecule has 1 N–H and O–H groups in total. The van der Waals surface area contributed by atoms with Crippen LogP contribution in [-0.4, -0.2) is 23.6 Å². The predicted octanol–water partition coefficient (Wildman–Crippen LogP) is 2.47. The standard InChI is InChI=1S/C12H12N2O4S/c1-3-17-12(16)8-6-7(2)19-11(8)13-10(15)9-4-5-18-14-9/h4-6H,3H2,1-2H3,(H,13,15). The van der Waals surface area contributed by atoms with Crippen molar-refractivity contribution in [3.63, 3.8) is 0 Å². The molecule has 2 aromatic heterocycles. The van der Waals surface area contributed by atoms with Crippen LogP contribution < -0.4 is 5.32 Å². The number of rotatable bonds is 4. The van der Waals surface area contributed by atoms with E-state index in [4.69, 9.17) is 4.74 Å². The Morgan fingerprint density at radius 2 is 2.32 bits per heavy atom. The van der Waals surface area contributed by atoms with E-state index in [-0.39, 0.29) is 12.3 Å². The summed E-state index contributed by atoms with van der Waals surface area (Å²) in [5.41, 5.74) is 0.502. The van der Waals surface area contributed by atoms with Crippen molar-refractivity contribution in [3.05, 3.63) is 34.5 Å². The summed E-state index contributed by atoms with van der Waals surface area (Å²) in [4.78, 5) is 24.5. The molecule has 7 heteroatoms. The second-order valence-corrected chi connectivity index (χ2v) is 4.92. The third-order valence-corrected chi connectivity index (χ3v) is 3.21. The van der Waals surface area contributed by atoms with Gasteiger partial charge < -0.3 is 14.6 Å². The van der Waals surface area contributed by atoms with Crippen molar-refractivity contribution in [3.8, 4) is 0 Å².